The minimum Gasteiger partial charge on any atom is -0.368 e. The molecule has 2 aromatic rings. The van der Waals surface area contributed by atoms with Gasteiger partial charge in [-0.25, -0.2) is 9.37 Å². The zero-order chi connectivity index (χ0) is 13.9. The van der Waals surface area contributed by atoms with Gasteiger partial charge in [0.05, 0.1) is 0 Å². The zero-order valence-corrected chi connectivity index (χ0v) is 11.2. The highest BCUT2D eigenvalue weighted by molar-refractivity contribution is 5.24. The molecule has 1 fully saturated rings. The zero-order valence-electron chi connectivity index (χ0n) is 11.2. The molecular weight excluding hydrogens is 255 g/mol. The molecule has 0 radical (unpaired) electrons. The Kier molecular flexibility index (Phi) is 3.58. The van der Waals surface area contributed by atoms with Gasteiger partial charge in [-0.05, 0) is 24.5 Å². The van der Waals surface area contributed by atoms with E-state index in [1.54, 1.807) is 18.2 Å². The quantitative estimate of drug-likeness (QED) is 0.933. The highest BCUT2D eigenvalue weighted by Gasteiger charge is 2.21. The summed E-state index contributed by atoms with van der Waals surface area (Å²) in [7, 11) is 0. The molecule has 2 N–H and O–H groups in total. The summed E-state index contributed by atoms with van der Waals surface area (Å²) in [4.78, 5) is 12.9. The lowest BCUT2D eigenvalue weighted by atomic mass is 10.1. The molecule has 0 aliphatic heterocycles. The fraction of sp³-hybridized carbons (Fsp3) is 0.400. The summed E-state index contributed by atoms with van der Waals surface area (Å²) in [6.45, 7) is 0. The van der Waals surface area contributed by atoms with Crippen molar-refractivity contribution in [3.63, 3.8) is 0 Å². The van der Waals surface area contributed by atoms with Gasteiger partial charge in [-0.2, -0.15) is 9.97 Å². The van der Waals surface area contributed by atoms with Gasteiger partial charge >= 0.3 is 0 Å². The Morgan fingerprint density at radius 1 is 1.10 bits per heavy atom. The second kappa shape index (κ2) is 5.53. The third kappa shape index (κ3) is 2.76. The number of nitrogens with zero attached hydrogens (tertiary/aromatic N) is 3. The first-order chi connectivity index (χ1) is 9.72. The first-order valence-electron chi connectivity index (χ1n) is 6.96. The van der Waals surface area contributed by atoms with Gasteiger partial charge in [0.2, 0.25) is 5.95 Å². The van der Waals surface area contributed by atoms with Crippen molar-refractivity contribution in [3.8, 4) is 0 Å². The van der Waals surface area contributed by atoms with Crippen LogP contribution in [0.15, 0.2) is 24.3 Å². The van der Waals surface area contributed by atoms with E-state index in [2.05, 4.69) is 15.0 Å². The number of benzene rings is 1. The molecular formula is C15H17FN4. The van der Waals surface area contributed by atoms with Crippen LogP contribution in [0.25, 0.3) is 0 Å². The highest BCUT2D eigenvalue weighted by Crippen LogP contribution is 2.32. The molecule has 1 saturated carbocycles. The Bertz CT molecular complexity index is 609. The molecule has 0 spiro atoms. The molecule has 4 nitrogen and oxygen atoms in total. The van der Waals surface area contributed by atoms with Crippen molar-refractivity contribution < 1.29 is 4.39 Å². The van der Waals surface area contributed by atoms with Gasteiger partial charge in [0, 0.05) is 12.3 Å². The average Bonchev–Trinajstić information content (AvgIpc) is 2.95. The number of rotatable bonds is 3. The van der Waals surface area contributed by atoms with Crippen molar-refractivity contribution in [2.45, 2.75) is 38.0 Å². The van der Waals surface area contributed by atoms with Crippen molar-refractivity contribution >= 4 is 5.95 Å². The fourth-order valence-electron chi connectivity index (χ4n) is 2.71. The van der Waals surface area contributed by atoms with E-state index in [4.69, 9.17) is 5.73 Å². The lowest BCUT2D eigenvalue weighted by Crippen LogP contribution is -2.10. The maximum Gasteiger partial charge on any atom is 0.223 e. The molecule has 0 unspecified atom stereocenters. The molecule has 5 heteroatoms. The standard InChI is InChI=1S/C15H17FN4/c16-12-8-4-3-7-11(12)9-13-18-14(20-15(17)19-13)10-5-1-2-6-10/h3-4,7-8,10H,1-2,5-6,9H2,(H2,17,18,19,20). The van der Waals surface area contributed by atoms with Crippen LogP contribution in [0.3, 0.4) is 0 Å². The number of hydrogen-bond donors (Lipinski definition) is 1. The molecule has 1 aliphatic carbocycles. The van der Waals surface area contributed by atoms with Crippen LogP contribution >= 0.6 is 0 Å². The van der Waals surface area contributed by atoms with E-state index in [-0.39, 0.29) is 11.8 Å². The van der Waals surface area contributed by atoms with Crippen LogP contribution in [0.5, 0.6) is 0 Å². The molecule has 1 aromatic carbocycles. The largest absolute Gasteiger partial charge is 0.368 e. The van der Waals surface area contributed by atoms with Crippen LogP contribution < -0.4 is 5.73 Å². The predicted octanol–water partition coefficient (Wildman–Crippen LogP) is 2.84. The van der Waals surface area contributed by atoms with E-state index in [0.29, 0.717) is 23.7 Å². The molecule has 1 aliphatic rings. The molecule has 0 amide bonds. The Morgan fingerprint density at radius 2 is 1.85 bits per heavy atom. The smallest absolute Gasteiger partial charge is 0.223 e. The summed E-state index contributed by atoms with van der Waals surface area (Å²) < 4.78 is 13.7. The predicted molar refractivity (Wildman–Crippen MR) is 74.7 cm³/mol. The first-order valence-corrected chi connectivity index (χ1v) is 6.96. The van der Waals surface area contributed by atoms with Gasteiger partial charge in [-0.15, -0.1) is 0 Å². The van der Waals surface area contributed by atoms with E-state index in [0.717, 1.165) is 18.7 Å². The minimum absolute atomic E-state index is 0.230. The monoisotopic (exact) mass is 272 g/mol. The van der Waals surface area contributed by atoms with E-state index < -0.39 is 0 Å². The summed E-state index contributed by atoms with van der Waals surface area (Å²) >= 11 is 0. The normalized spacial score (nSPS) is 15.7. The maximum absolute atomic E-state index is 13.7. The Morgan fingerprint density at radius 3 is 2.60 bits per heavy atom. The lowest BCUT2D eigenvalue weighted by molar-refractivity contribution is 0.609. The van der Waals surface area contributed by atoms with Crippen LogP contribution in [0.1, 0.15) is 48.8 Å². The van der Waals surface area contributed by atoms with E-state index in [1.807, 2.05) is 0 Å². The lowest BCUT2D eigenvalue weighted by Gasteiger charge is -2.10. The molecule has 0 atom stereocenters. The summed E-state index contributed by atoms with van der Waals surface area (Å²) in [5.41, 5.74) is 6.34. The average molecular weight is 272 g/mol. The molecule has 0 saturated heterocycles. The van der Waals surface area contributed by atoms with Gasteiger partial charge in [0.25, 0.3) is 0 Å². The van der Waals surface area contributed by atoms with Gasteiger partial charge < -0.3 is 5.73 Å². The van der Waals surface area contributed by atoms with Crippen molar-refractivity contribution in [1.82, 2.24) is 15.0 Å². The van der Waals surface area contributed by atoms with Gasteiger partial charge in [-0.3, -0.25) is 0 Å². The molecule has 20 heavy (non-hydrogen) atoms. The summed E-state index contributed by atoms with van der Waals surface area (Å²) in [6, 6.07) is 6.66. The number of aromatic nitrogens is 3. The summed E-state index contributed by atoms with van der Waals surface area (Å²) in [5.74, 6) is 1.67. The number of nitrogens with two attached hydrogens (primary N) is 1. The topological polar surface area (TPSA) is 64.7 Å². The van der Waals surface area contributed by atoms with Crippen LogP contribution in [0.4, 0.5) is 10.3 Å². The Labute approximate surface area is 117 Å². The van der Waals surface area contributed by atoms with Crippen LogP contribution in [0, 0.1) is 5.82 Å². The van der Waals surface area contributed by atoms with Crippen LogP contribution in [0.2, 0.25) is 0 Å². The number of hydrogen-bond acceptors (Lipinski definition) is 4. The van der Waals surface area contributed by atoms with E-state index in [1.165, 1.54) is 18.9 Å². The van der Waals surface area contributed by atoms with Gasteiger partial charge in [0.1, 0.15) is 17.5 Å². The number of halogens is 1. The third-order valence-electron chi connectivity index (χ3n) is 3.74. The molecule has 104 valence electrons. The fourth-order valence-corrected chi connectivity index (χ4v) is 2.71. The molecule has 3 rings (SSSR count). The third-order valence-corrected chi connectivity index (χ3v) is 3.74. The minimum atomic E-state index is -0.242. The first kappa shape index (κ1) is 13.0. The molecule has 0 bridgehead atoms. The number of nitrogen functional groups attached to an aromatic ring is 1. The second-order valence-corrected chi connectivity index (χ2v) is 5.22. The van der Waals surface area contributed by atoms with Gasteiger partial charge in [0.15, 0.2) is 0 Å². The van der Waals surface area contributed by atoms with Crippen molar-refractivity contribution in [3.05, 3.63) is 47.3 Å². The summed E-state index contributed by atoms with van der Waals surface area (Å²) in [6.07, 6.45) is 4.96. The molecule has 1 heterocycles. The van der Waals surface area contributed by atoms with E-state index in [9.17, 15) is 4.39 Å². The number of anilines is 1. The Balaban J connectivity index is 1.88. The van der Waals surface area contributed by atoms with E-state index >= 15 is 0 Å². The Hall–Kier alpha value is -2.04. The molecule has 1 aromatic heterocycles. The van der Waals surface area contributed by atoms with Crippen molar-refractivity contribution in [2.75, 3.05) is 5.73 Å². The van der Waals surface area contributed by atoms with Gasteiger partial charge in [-0.1, -0.05) is 31.0 Å². The van der Waals surface area contributed by atoms with Crippen molar-refractivity contribution in [1.29, 1.82) is 0 Å². The second-order valence-electron chi connectivity index (χ2n) is 5.22. The SMILES string of the molecule is Nc1nc(Cc2ccccc2F)nc(C2CCCC2)n1. The van der Waals surface area contributed by atoms with Crippen LogP contribution in [-0.4, -0.2) is 15.0 Å². The summed E-state index contributed by atoms with van der Waals surface area (Å²) in [5, 5.41) is 0. The van der Waals surface area contributed by atoms with Crippen molar-refractivity contribution in [2.24, 2.45) is 0 Å². The maximum atomic E-state index is 13.7. The van der Waals surface area contributed by atoms with Crippen LogP contribution in [-0.2, 0) is 6.42 Å². The highest BCUT2D eigenvalue weighted by atomic mass is 19.1.